The van der Waals surface area contributed by atoms with Crippen molar-refractivity contribution < 1.29 is 8.78 Å². The molecule has 0 spiro atoms. The maximum Gasteiger partial charge on any atom is 0.248 e. The summed E-state index contributed by atoms with van der Waals surface area (Å²) in [4.78, 5) is 8.19. The van der Waals surface area contributed by atoms with Crippen LogP contribution in [0.15, 0.2) is 12.3 Å². The van der Waals surface area contributed by atoms with Gasteiger partial charge in [0, 0.05) is 25.0 Å². The molecule has 1 unspecified atom stereocenters. The molecule has 2 rings (SSSR count). The number of hydrogen-bond donors (Lipinski definition) is 0. The van der Waals surface area contributed by atoms with E-state index in [4.69, 9.17) is 11.6 Å². The molecule has 82 valence electrons. The highest BCUT2D eigenvalue weighted by Gasteiger charge is 2.41. The fraction of sp³-hybridized carbons (Fsp3) is 0.600. The summed E-state index contributed by atoms with van der Waals surface area (Å²) in [6, 6.07) is 1.70. The Morgan fingerprint density at radius 2 is 2.33 bits per heavy atom. The van der Waals surface area contributed by atoms with Crippen molar-refractivity contribution in [3.8, 4) is 0 Å². The molecule has 1 atom stereocenters. The van der Waals surface area contributed by atoms with E-state index in [9.17, 15) is 8.78 Å². The van der Waals surface area contributed by atoms with Crippen molar-refractivity contribution in [2.75, 3.05) is 0 Å². The lowest BCUT2D eigenvalue weighted by Gasteiger charge is -2.09. The van der Waals surface area contributed by atoms with E-state index in [1.807, 2.05) is 0 Å². The van der Waals surface area contributed by atoms with E-state index in [0.717, 1.165) is 0 Å². The van der Waals surface area contributed by atoms with Crippen LogP contribution in [0.2, 0.25) is 0 Å². The van der Waals surface area contributed by atoms with E-state index in [1.165, 1.54) is 0 Å². The maximum atomic E-state index is 13.0. The normalized spacial score (nSPS) is 24.3. The van der Waals surface area contributed by atoms with Crippen LogP contribution in [0.5, 0.6) is 0 Å². The van der Waals surface area contributed by atoms with Gasteiger partial charge in [-0.1, -0.05) is 0 Å². The first-order valence-electron chi connectivity index (χ1n) is 4.86. The van der Waals surface area contributed by atoms with Gasteiger partial charge in [-0.2, -0.15) is 0 Å². The summed E-state index contributed by atoms with van der Waals surface area (Å²) in [5.41, 5.74) is 0.692. The second-order valence-electron chi connectivity index (χ2n) is 3.84. The summed E-state index contributed by atoms with van der Waals surface area (Å²) in [7, 11) is 0. The van der Waals surface area contributed by atoms with Crippen molar-refractivity contribution in [2.24, 2.45) is 0 Å². The molecule has 1 fully saturated rings. The van der Waals surface area contributed by atoms with Crippen LogP contribution in [0.3, 0.4) is 0 Å². The van der Waals surface area contributed by atoms with E-state index in [2.05, 4.69) is 9.97 Å². The third-order valence-corrected chi connectivity index (χ3v) is 2.91. The molecule has 0 saturated heterocycles. The predicted molar refractivity (Wildman–Crippen MR) is 53.1 cm³/mol. The van der Waals surface area contributed by atoms with Crippen molar-refractivity contribution in [1.29, 1.82) is 0 Å². The molecule has 1 aromatic rings. The zero-order valence-electron chi connectivity index (χ0n) is 8.09. The molecule has 1 heterocycles. The lowest BCUT2D eigenvalue weighted by Crippen LogP contribution is -2.10. The molecule has 1 saturated carbocycles. The quantitative estimate of drug-likeness (QED) is 0.733. The zero-order chi connectivity index (χ0) is 10.9. The van der Waals surface area contributed by atoms with Gasteiger partial charge >= 0.3 is 0 Å². The van der Waals surface area contributed by atoms with Crippen molar-refractivity contribution in [3.05, 3.63) is 23.8 Å². The first-order valence-corrected chi connectivity index (χ1v) is 5.40. The second kappa shape index (κ2) is 4.00. The lowest BCUT2D eigenvalue weighted by atomic mass is 10.1. The van der Waals surface area contributed by atoms with Gasteiger partial charge in [0.15, 0.2) is 0 Å². The SMILES string of the molecule is FC1(F)CCC(c2nccc(CCl)n2)C1. The predicted octanol–water partition coefficient (Wildman–Crippen LogP) is 3.12. The van der Waals surface area contributed by atoms with Crippen LogP contribution in [0.1, 0.15) is 36.7 Å². The topological polar surface area (TPSA) is 25.8 Å². The summed E-state index contributed by atoms with van der Waals surface area (Å²) in [6.45, 7) is 0. The Kier molecular flexibility index (Phi) is 2.87. The van der Waals surface area contributed by atoms with Crippen LogP contribution in [0, 0.1) is 0 Å². The first kappa shape index (κ1) is 10.7. The fourth-order valence-corrected chi connectivity index (χ4v) is 2.00. The number of nitrogens with zero attached hydrogens (tertiary/aromatic N) is 2. The van der Waals surface area contributed by atoms with Crippen LogP contribution in [0.4, 0.5) is 8.78 Å². The van der Waals surface area contributed by atoms with Crippen molar-refractivity contribution in [2.45, 2.75) is 37.0 Å². The average Bonchev–Trinajstić information content (AvgIpc) is 2.59. The van der Waals surface area contributed by atoms with E-state index in [1.54, 1.807) is 12.3 Å². The number of rotatable bonds is 2. The molecule has 1 aliphatic rings. The minimum Gasteiger partial charge on any atom is -0.241 e. The molecule has 0 aliphatic heterocycles. The fourth-order valence-electron chi connectivity index (χ4n) is 1.85. The third-order valence-electron chi connectivity index (χ3n) is 2.64. The van der Waals surface area contributed by atoms with E-state index < -0.39 is 5.92 Å². The highest BCUT2D eigenvalue weighted by molar-refractivity contribution is 6.16. The van der Waals surface area contributed by atoms with Crippen LogP contribution in [-0.2, 0) is 5.88 Å². The first-order chi connectivity index (χ1) is 7.11. The standard InChI is InChI=1S/C10H11ClF2N2/c11-6-8-2-4-14-9(15-8)7-1-3-10(12,13)5-7/h2,4,7H,1,3,5-6H2. The van der Waals surface area contributed by atoms with Crippen LogP contribution >= 0.6 is 11.6 Å². The Bertz CT molecular complexity index is 357. The van der Waals surface area contributed by atoms with Crippen molar-refractivity contribution in [1.82, 2.24) is 9.97 Å². The van der Waals surface area contributed by atoms with Crippen LogP contribution < -0.4 is 0 Å². The molecule has 2 nitrogen and oxygen atoms in total. The van der Waals surface area contributed by atoms with Gasteiger partial charge in [-0.3, -0.25) is 0 Å². The van der Waals surface area contributed by atoms with Gasteiger partial charge in [-0.05, 0) is 12.5 Å². The second-order valence-corrected chi connectivity index (χ2v) is 4.10. The van der Waals surface area contributed by atoms with E-state index >= 15 is 0 Å². The third kappa shape index (κ3) is 2.43. The molecular weight excluding hydrogens is 222 g/mol. The monoisotopic (exact) mass is 232 g/mol. The van der Waals surface area contributed by atoms with Crippen LogP contribution in [0.25, 0.3) is 0 Å². The molecule has 15 heavy (non-hydrogen) atoms. The molecule has 0 amide bonds. The van der Waals surface area contributed by atoms with Gasteiger partial charge in [0.2, 0.25) is 5.92 Å². The summed E-state index contributed by atoms with van der Waals surface area (Å²) in [5.74, 6) is -1.97. The largest absolute Gasteiger partial charge is 0.248 e. The highest BCUT2D eigenvalue weighted by atomic mass is 35.5. The summed E-state index contributed by atoms with van der Waals surface area (Å²) < 4.78 is 26.0. The van der Waals surface area contributed by atoms with Crippen LogP contribution in [-0.4, -0.2) is 15.9 Å². The Morgan fingerprint density at radius 3 is 2.93 bits per heavy atom. The van der Waals surface area contributed by atoms with Gasteiger partial charge < -0.3 is 0 Å². The summed E-state index contributed by atoms with van der Waals surface area (Å²) in [6.07, 6.45) is 1.83. The van der Waals surface area contributed by atoms with Crippen molar-refractivity contribution >= 4 is 11.6 Å². The van der Waals surface area contributed by atoms with E-state index in [-0.39, 0.29) is 18.8 Å². The maximum absolute atomic E-state index is 13.0. The Labute approximate surface area is 91.7 Å². The number of alkyl halides is 3. The lowest BCUT2D eigenvalue weighted by molar-refractivity contribution is 0.00753. The van der Waals surface area contributed by atoms with Gasteiger partial charge in [-0.25, -0.2) is 18.7 Å². The molecule has 1 aliphatic carbocycles. The number of aromatic nitrogens is 2. The summed E-state index contributed by atoms with van der Waals surface area (Å²) >= 11 is 5.62. The van der Waals surface area contributed by atoms with Crippen molar-refractivity contribution in [3.63, 3.8) is 0 Å². The minimum absolute atomic E-state index is 0.0634. The molecule has 5 heteroatoms. The molecule has 0 aromatic carbocycles. The molecular formula is C10H11ClF2N2. The molecule has 0 N–H and O–H groups in total. The Morgan fingerprint density at radius 1 is 1.53 bits per heavy atom. The molecule has 1 aromatic heterocycles. The highest BCUT2D eigenvalue weighted by Crippen LogP contribution is 2.42. The molecule has 0 radical (unpaired) electrons. The number of hydrogen-bond acceptors (Lipinski definition) is 2. The van der Waals surface area contributed by atoms with Gasteiger partial charge in [0.25, 0.3) is 0 Å². The number of halogens is 3. The smallest absolute Gasteiger partial charge is 0.241 e. The zero-order valence-corrected chi connectivity index (χ0v) is 8.84. The van der Waals surface area contributed by atoms with Gasteiger partial charge in [0.1, 0.15) is 5.82 Å². The summed E-state index contributed by atoms with van der Waals surface area (Å²) in [5, 5.41) is 0. The van der Waals surface area contributed by atoms with Gasteiger partial charge in [0.05, 0.1) is 11.6 Å². The molecule has 0 bridgehead atoms. The van der Waals surface area contributed by atoms with E-state index in [0.29, 0.717) is 23.8 Å². The van der Waals surface area contributed by atoms with Gasteiger partial charge in [-0.15, -0.1) is 11.6 Å². The average molecular weight is 233 g/mol. The minimum atomic E-state index is -2.55. The Balaban J connectivity index is 2.16. The Hall–Kier alpha value is -0.770.